The van der Waals surface area contributed by atoms with Crippen molar-refractivity contribution in [3.63, 3.8) is 0 Å². The van der Waals surface area contributed by atoms with E-state index in [1.54, 1.807) is 13.3 Å². The lowest BCUT2D eigenvalue weighted by molar-refractivity contribution is 0.0192. The number of hydrogen-bond acceptors (Lipinski definition) is 3. The summed E-state index contributed by atoms with van der Waals surface area (Å²) in [6, 6.07) is 0. The third-order valence-corrected chi connectivity index (χ3v) is 1.37. The maximum absolute atomic E-state index is 11.0. The van der Waals surface area contributed by atoms with Crippen molar-refractivity contribution in [1.82, 2.24) is 0 Å². The lowest BCUT2D eigenvalue weighted by atomic mass is 9.99. The van der Waals surface area contributed by atoms with E-state index in [9.17, 15) is 4.79 Å². The molecular formula is C10H19O3. The molecule has 0 amide bonds. The molecular weight excluding hydrogens is 168 g/mol. The van der Waals surface area contributed by atoms with Crippen LogP contribution in [0.4, 0.5) is 4.79 Å². The van der Waals surface area contributed by atoms with Crippen LogP contribution in [0, 0.1) is 11.8 Å². The second kappa shape index (κ2) is 5.10. The smallest absolute Gasteiger partial charge is 0.434 e. The van der Waals surface area contributed by atoms with Crippen LogP contribution in [0.1, 0.15) is 34.6 Å². The van der Waals surface area contributed by atoms with Gasteiger partial charge in [0.2, 0.25) is 0 Å². The predicted octanol–water partition coefficient (Wildman–Crippen LogP) is 2.80. The van der Waals surface area contributed by atoms with Crippen molar-refractivity contribution in [2.45, 2.75) is 40.7 Å². The molecule has 0 N–H and O–H groups in total. The lowest BCUT2D eigenvalue weighted by Gasteiger charge is -2.18. The quantitative estimate of drug-likeness (QED) is 0.637. The van der Waals surface area contributed by atoms with Crippen LogP contribution in [0.25, 0.3) is 0 Å². The van der Waals surface area contributed by atoms with Gasteiger partial charge < -0.3 is 9.47 Å². The Balaban J connectivity index is 3.64. The van der Waals surface area contributed by atoms with Crippen molar-refractivity contribution >= 4 is 6.16 Å². The van der Waals surface area contributed by atoms with Gasteiger partial charge in [-0.25, -0.2) is 4.79 Å². The fourth-order valence-corrected chi connectivity index (χ4v) is 0.529. The van der Waals surface area contributed by atoms with Gasteiger partial charge in [-0.3, -0.25) is 0 Å². The summed E-state index contributed by atoms with van der Waals surface area (Å²) in [5.41, 5.74) is -0.0157. The fourth-order valence-electron chi connectivity index (χ4n) is 0.529. The third kappa shape index (κ3) is 7.62. The largest absolute Gasteiger partial charge is 0.508 e. The molecule has 0 fully saturated rings. The van der Waals surface area contributed by atoms with E-state index in [1.165, 1.54) is 0 Å². The SMILES string of the molecule is C[CH][C@@H](C)OC(=O)OCC(C)(C)C. The average molecular weight is 187 g/mol. The van der Waals surface area contributed by atoms with Gasteiger partial charge in [0.25, 0.3) is 0 Å². The first-order valence-electron chi connectivity index (χ1n) is 4.48. The van der Waals surface area contributed by atoms with Crippen LogP contribution in [0.15, 0.2) is 0 Å². The zero-order chi connectivity index (χ0) is 10.5. The van der Waals surface area contributed by atoms with E-state index < -0.39 is 6.16 Å². The molecule has 1 radical (unpaired) electrons. The molecule has 0 spiro atoms. The molecule has 77 valence electrons. The molecule has 1 atom stereocenters. The van der Waals surface area contributed by atoms with E-state index in [0.29, 0.717) is 6.61 Å². The summed E-state index contributed by atoms with van der Waals surface area (Å²) < 4.78 is 9.78. The van der Waals surface area contributed by atoms with Gasteiger partial charge in [-0.05, 0) is 18.8 Å². The predicted molar refractivity (Wildman–Crippen MR) is 51.3 cm³/mol. The van der Waals surface area contributed by atoms with Gasteiger partial charge in [-0.1, -0.05) is 27.7 Å². The van der Waals surface area contributed by atoms with E-state index in [4.69, 9.17) is 9.47 Å². The molecule has 0 aromatic heterocycles. The summed E-state index contributed by atoms with van der Waals surface area (Å²) >= 11 is 0. The molecule has 0 aliphatic rings. The molecule has 0 unspecified atom stereocenters. The van der Waals surface area contributed by atoms with Crippen LogP contribution >= 0.6 is 0 Å². The Kier molecular flexibility index (Phi) is 4.81. The summed E-state index contributed by atoms with van der Waals surface area (Å²) in [6.45, 7) is 9.99. The molecule has 0 aromatic rings. The average Bonchev–Trinajstić information content (AvgIpc) is 1.99. The third-order valence-electron chi connectivity index (χ3n) is 1.37. The molecule has 0 saturated carbocycles. The molecule has 0 aliphatic heterocycles. The highest BCUT2D eigenvalue weighted by atomic mass is 16.7. The molecule has 0 aliphatic carbocycles. The number of carbonyl (C=O) groups is 1. The van der Waals surface area contributed by atoms with E-state index >= 15 is 0 Å². The summed E-state index contributed by atoms with van der Waals surface area (Å²) in [7, 11) is 0. The standard InChI is InChI=1S/C10H19O3/c1-6-8(2)13-9(11)12-7-10(3,4)5/h6,8H,7H2,1-5H3/t8-/m1/s1. The first-order chi connectivity index (χ1) is 5.85. The second-order valence-electron chi connectivity index (χ2n) is 4.26. The van der Waals surface area contributed by atoms with E-state index in [2.05, 4.69) is 0 Å². The van der Waals surface area contributed by atoms with Crippen LogP contribution in [0.2, 0.25) is 0 Å². The van der Waals surface area contributed by atoms with Crippen molar-refractivity contribution < 1.29 is 14.3 Å². The number of carbonyl (C=O) groups excluding carboxylic acids is 1. The van der Waals surface area contributed by atoms with Crippen molar-refractivity contribution in [3.05, 3.63) is 6.42 Å². The van der Waals surface area contributed by atoms with Crippen LogP contribution in [-0.2, 0) is 9.47 Å². The molecule has 3 nitrogen and oxygen atoms in total. The fraction of sp³-hybridized carbons (Fsp3) is 0.800. The number of rotatable bonds is 3. The molecule has 13 heavy (non-hydrogen) atoms. The first kappa shape index (κ1) is 12.3. The van der Waals surface area contributed by atoms with Gasteiger partial charge in [0.1, 0.15) is 6.10 Å². The lowest BCUT2D eigenvalue weighted by Crippen LogP contribution is -2.21. The maximum Gasteiger partial charge on any atom is 0.508 e. The van der Waals surface area contributed by atoms with Crippen LogP contribution < -0.4 is 0 Å². The minimum absolute atomic E-state index is 0.0157. The minimum Gasteiger partial charge on any atom is -0.434 e. The Labute approximate surface area is 80.4 Å². The van der Waals surface area contributed by atoms with Gasteiger partial charge in [-0.15, -0.1) is 0 Å². The molecule has 0 aromatic carbocycles. The summed E-state index contributed by atoms with van der Waals surface area (Å²) in [5.74, 6) is 0. The Morgan fingerprint density at radius 3 is 2.38 bits per heavy atom. The molecule has 0 bridgehead atoms. The molecule has 0 rings (SSSR count). The van der Waals surface area contributed by atoms with E-state index in [0.717, 1.165) is 0 Å². The van der Waals surface area contributed by atoms with Gasteiger partial charge in [0.15, 0.2) is 0 Å². The maximum atomic E-state index is 11.0. The molecule has 3 heteroatoms. The highest BCUT2D eigenvalue weighted by molar-refractivity contribution is 5.60. The zero-order valence-corrected chi connectivity index (χ0v) is 9.09. The Bertz CT molecular complexity index is 158. The minimum atomic E-state index is -0.597. The van der Waals surface area contributed by atoms with Crippen LogP contribution in [0.5, 0.6) is 0 Å². The molecule has 0 heterocycles. The normalized spacial score (nSPS) is 13.6. The Morgan fingerprint density at radius 1 is 1.46 bits per heavy atom. The van der Waals surface area contributed by atoms with Crippen LogP contribution in [0.3, 0.4) is 0 Å². The van der Waals surface area contributed by atoms with E-state index in [1.807, 2.05) is 27.7 Å². The number of hydrogen-bond donors (Lipinski definition) is 0. The summed E-state index contributed by atoms with van der Waals surface area (Å²) in [5, 5.41) is 0. The Hall–Kier alpha value is -0.730. The summed E-state index contributed by atoms with van der Waals surface area (Å²) in [4.78, 5) is 11.0. The number of ether oxygens (including phenoxy) is 2. The zero-order valence-electron chi connectivity index (χ0n) is 9.09. The van der Waals surface area contributed by atoms with Crippen LogP contribution in [-0.4, -0.2) is 18.9 Å². The topological polar surface area (TPSA) is 35.5 Å². The monoisotopic (exact) mass is 187 g/mol. The van der Waals surface area contributed by atoms with Gasteiger partial charge in [0.05, 0.1) is 6.61 Å². The van der Waals surface area contributed by atoms with Gasteiger partial charge in [0, 0.05) is 0 Å². The van der Waals surface area contributed by atoms with Crippen molar-refractivity contribution in [1.29, 1.82) is 0 Å². The van der Waals surface area contributed by atoms with E-state index in [-0.39, 0.29) is 11.5 Å². The Morgan fingerprint density at radius 2 is 2.00 bits per heavy atom. The van der Waals surface area contributed by atoms with Gasteiger partial charge >= 0.3 is 6.16 Å². The molecule has 0 saturated heterocycles. The highest BCUT2D eigenvalue weighted by Crippen LogP contribution is 2.13. The summed E-state index contributed by atoms with van der Waals surface area (Å²) in [6.07, 6.45) is 1.01. The van der Waals surface area contributed by atoms with Crippen molar-refractivity contribution in [2.24, 2.45) is 5.41 Å². The highest BCUT2D eigenvalue weighted by Gasteiger charge is 2.15. The van der Waals surface area contributed by atoms with Crippen molar-refractivity contribution in [3.8, 4) is 0 Å². The van der Waals surface area contributed by atoms with Crippen molar-refractivity contribution in [2.75, 3.05) is 6.61 Å². The second-order valence-corrected chi connectivity index (χ2v) is 4.26. The van der Waals surface area contributed by atoms with Gasteiger partial charge in [-0.2, -0.15) is 0 Å². The first-order valence-corrected chi connectivity index (χ1v) is 4.48.